The van der Waals surface area contributed by atoms with Gasteiger partial charge in [0.1, 0.15) is 11.6 Å². The maximum absolute atomic E-state index is 12.0. The van der Waals surface area contributed by atoms with Gasteiger partial charge in [-0.2, -0.15) is 0 Å². The number of halogens is 1. The van der Waals surface area contributed by atoms with Gasteiger partial charge in [-0.1, -0.05) is 53.1 Å². The lowest BCUT2D eigenvalue weighted by Gasteiger charge is -2.40. The fourth-order valence-corrected chi connectivity index (χ4v) is 3.13. The summed E-state index contributed by atoms with van der Waals surface area (Å²) in [4.78, 5) is 14.9. The van der Waals surface area contributed by atoms with Gasteiger partial charge in [0.2, 0.25) is 0 Å². The van der Waals surface area contributed by atoms with Crippen molar-refractivity contribution >= 4 is 21.9 Å². The summed E-state index contributed by atoms with van der Waals surface area (Å²) in [7, 11) is 0. The second-order valence-corrected chi connectivity index (χ2v) is 6.31. The summed E-state index contributed by atoms with van der Waals surface area (Å²) in [5, 5.41) is 3.63. The summed E-state index contributed by atoms with van der Waals surface area (Å²) in [5.41, 5.74) is 9.21. The van der Waals surface area contributed by atoms with E-state index in [-0.39, 0.29) is 41.6 Å². The molecule has 118 valence electrons. The Bertz CT molecular complexity index is 562. The number of carbonyl (C=O) groups is 1. The fourth-order valence-electron chi connectivity index (χ4n) is 2.55. The molecule has 0 bridgehead atoms. The molecule has 2 rings (SSSR count). The van der Waals surface area contributed by atoms with Crippen LogP contribution in [0.3, 0.4) is 0 Å². The highest BCUT2D eigenvalue weighted by molar-refractivity contribution is 9.09. The molecule has 0 spiro atoms. The van der Waals surface area contributed by atoms with E-state index in [9.17, 15) is 4.79 Å². The number of esters is 1. The number of benzene rings is 1. The largest absolute Gasteiger partial charge is 0.459 e. The molecule has 0 radical (unpaired) electrons. The SMILES string of the molecule is CC1[C@@H](N=[N+]=[N-])[C@@H](C)C(COC(=O)c2ccccc2)O[C@@H]1Br. The number of hydrogen-bond donors (Lipinski definition) is 0. The van der Waals surface area contributed by atoms with Crippen LogP contribution in [0.5, 0.6) is 0 Å². The fraction of sp³-hybridized carbons (Fsp3) is 0.533. The van der Waals surface area contributed by atoms with Crippen LogP contribution in [0.15, 0.2) is 35.4 Å². The van der Waals surface area contributed by atoms with Crippen LogP contribution in [-0.4, -0.2) is 29.7 Å². The number of ether oxygens (including phenoxy) is 2. The second-order valence-electron chi connectivity index (χ2n) is 5.40. The molecule has 7 heteroatoms. The van der Waals surface area contributed by atoms with Crippen LogP contribution in [0.1, 0.15) is 24.2 Å². The van der Waals surface area contributed by atoms with Crippen LogP contribution >= 0.6 is 15.9 Å². The Morgan fingerprint density at radius 3 is 2.68 bits per heavy atom. The molecule has 1 aliphatic heterocycles. The van der Waals surface area contributed by atoms with Crippen LogP contribution < -0.4 is 0 Å². The highest BCUT2D eigenvalue weighted by Gasteiger charge is 2.40. The molecule has 1 saturated heterocycles. The zero-order valence-electron chi connectivity index (χ0n) is 12.4. The van der Waals surface area contributed by atoms with Gasteiger partial charge in [-0.05, 0) is 23.6 Å². The molecule has 6 nitrogen and oxygen atoms in total. The van der Waals surface area contributed by atoms with E-state index in [1.54, 1.807) is 24.3 Å². The molecule has 0 saturated carbocycles. The van der Waals surface area contributed by atoms with Gasteiger partial charge in [0.25, 0.3) is 0 Å². The first-order valence-corrected chi connectivity index (χ1v) is 8.02. The van der Waals surface area contributed by atoms with Crippen molar-refractivity contribution < 1.29 is 14.3 Å². The van der Waals surface area contributed by atoms with Crippen molar-refractivity contribution in [2.24, 2.45) is 17.0 Å². The van der Waals surface area contributed by atoms with E-state index < -0.39 is 0 Å². The van der Waals surface area contributed by atoms with Gasteiger partial charge >= 0.3 is 5.97 Å². The van der Waals surface area contributed by atoms with E-state index in [0.717, 1.165) is 0 Å². The number of azide groups is 1. The Balaban J connectivity index is 2.00. The Labute approximate surface area is 137 Å². The molecule has 0 amide bonds. The van der Waals surface area contributed by atoms with Gasteiger partial charge in [-0.15, -0.1) is 0 Å². The molecule has 1 fully saturated rings. The minimum atomic E-state index is -0.388. The standard InChI is InChI=1S/C15H18BrN3O3/c1-9-12(22-14(16)10(2)13(9)18-19-17)8-21-15(20)11-6-4-3-5-7-11/h3-7,9-10,12-14H,8H2,1-2H3/t9-,10?,12?,13-,14-/m0/s1. The van der Waals surface area contributed by atoms with Gasteiger partial charge in [0.05, 0.1) is 11.7 Å². The van der Waals surface area contributed by atoms with E-state index in [0.29, 0.717) is 5.56 Å². The molecular weight excluding hydrogens is 350 g/mol. The predicted molar refractivity (Wildman–Crippen MR) is 85.6 cm³/mol. The van der Waals surface area contributed by atoms with Crippen molar-refractivity contribution in [3.63, 3.8) is 0 Å². The first kappa shape index (κ1) is 16.8. The van der Waals surface area contributed by atoms with Gasteiger partial charge in [0, 0.05) is 16.9 Å². The van der Waals surface area contributed by atoms with Crippen molar-refractivity contribution in [2.75, 3.05) is 6.61 Å². The number of nitrogens with zero attached hydrogens (tertiary/aromatic N) is 3. The minimum Gasteiger partial charge on any atom is -0.459 e. The summed E-state index contributed by atoms with van der Waals surface area (Å²) in [6, 6.07) is 8.60. The summed E-state index contributed by atoms with van der Waals surface area (Å²) in [5.74, 6) is -0.378. The molecule has 1 aliphatic rings. The Hall–Kier alpha value is -1.56. The van der Waals surface area contributed by atoms with Gasteiger partial charge < -0.3 is 9.47 Å². The monoisotopic (exact) mass is 367 g/mol. The molecule has 1 aromatic carbocycles. The van der Waals surface area contributed by atoms with Crippen molar-refractivity contribution in [2.45, 2.75) is 31.0 Å². The Kier molecular flexibility index (Phi) is 5.83. The normalized spacial score (nSPS) is 31.1. The second kappa shape index (κ2) is 7.63. The van der Waals surface area contributed by atoms with Gasteiger partial charge in [0.15, 0.2) is 0 Å². The molecule has 1 aromatic rings. The number of alkyl halides is 1. The molecular formula is C15H18BrN3O3. The summed E-state index contributed by atoms with van der Waals surface area (Å²) >= 11 is 3.44. The first-order valence-electron chi connectivity index (χ1n) is 7.10. The quantitative estimate of drug-likeness (QED) is 0.265. The van der Waals surface area contributed by atoms with E-state index in [4.69, 9.17) is 15.0 Å². The predicted octanol–water partition coefficient (Wildman–Crippen LogP) is 3.91. The zero-order chi connectivity index (χ0) is 16.1. The minimum absolute atomic E-state index is 0.0386. The molecule has 0 aliphatic carbocycles. The average molecular weight is 368 g/mol. The smallest absolute Gasteiger partial charge is 0.338 e. The van der Waals surface area contributed by atoms with Gasteiger partial charge in [-0.3, -0.25) is 0 Å². The zero-order valence-corrected chi connectivity index (χ0v) is 14.0. The third kappa shape index (κ3) is 3.80. The van der Waals surface area contributed by atoms with Crippen LogP contribution in [0.2, 0.25) is 0 Å². The Morgan fingerprint density at radius 2 is 2.05 bits per heavy atom. The third-order valence-corrected chi connectivity index (χ3v) is 5.00. The number of carbonyl (C=O) groups excluding carboxylic acids is 1. The van der Waals surface area contributed by atoms with Crippen molar-refractivity contribution in [3.8, 4) is 0 Å². The van der Waals surface area contributed by atoms with Crippen LogP contribution in [0.4, 0.5) is 0 Å². The topological polar surface area (TPSA) is 84.3 Å². The molecule has 2 unspecified atom stereocenters. The highest BCUT2D eigenvalue weighted by atomic mass is 79.9. The highest BCUT2D eigenvalue weighted by Crippen LogP contribution is 2.35. The lowest BCUT2D eigenvalue weighted by atomic mass is 9.85. The van der Waals surface area contributed by atoms with Crippen LogP contribution in [-0.2, 0) is 9.47 Å². The van der Waals surface area contributed by atoms with E-state index in [2.05, 4.69) is 26.0 Å². The van der Waals surface area contributed by atoms with Gasteiger partial charge in [-0.25, -0.2) is 4.79 Å². The molecule has 22 heavy (non-hydrogen) atoms. The van der Waals surface area contributed by atoms with Crippen LogP contribution in [0.25, 0.3) is 10.4 Å². The maximum atomic E-state index is 12.0. The Morgan fingerprint density at radius 1 is 1.36 bits per heavy atom. The number of hydrogen-bond acceptors (Lipinski definition) is 4. The first-order chi connectivity index (χ1) is 10.5. The van der Waals surface area contributed by atoms with Crippen molar-refractivity contribution in [1.29, 1.82) is 0 Å². The summed E-state index contributed by atoms with van der Waals surface area (Å²) in [6.45, 7) is 4.03. The average Bonchev–Trinajstić information content (AvgIpc) is 2.54. The maximum Gasteiger partial charge on any atom is 0.338 e. The summed E-state index contributed by atoms with van der Waals surface area (Å²) in [6.07, 6.45) is -0.316. The lowest BCUT2D eigenvalue weighted by Crippen LogP contribution is -2.47. The van der Waals surface area contributed by atoms with Crippen molar-refractivity contribution in [3.05, 3.63) is 46.3 Å². The summed E-state index contributed by atoms with van der Waals surface area (Å²) < 4.78 is 11.2. The lowest BCUT2D eigenvalue weighted by molar-refractivity contribution is -0.0965. The van der Waals surface area contributed by atoms with Crippen LogP contribution in [0, 0.1) is 11.8 Å². The third-order valence-electron chi connectivity index (χ3n) is 3.96. The van der Waals surface area contributed by atoms with E-state index >= 15 is 0 Å². The van der Waals surface area contributed by atoms with E-state index in [1.807, 2.05) is 19.9 Å². The number of rotatable bonds is 4. The molecule has 1 heterocycles. The van der Waals surface area contributed by atoms with Crippen molar-refractivity contribution in [1.82, 2.24) is 0 Å². The molecule has 0 aromatic heterocycles. The molecule has 0 N–H and O–H groups in total. The molecule has 5 atom stereocenters. The van der Waals surface area contributed by atoms with E-state index in [1.165, 1.54) is 0 Å².